The summed E-state index contributed by atoms with van der Waals surface area (Å²) < 4.78 is 5.55. The van der Waals surface area contributed by atoms with Crippen LogP contribution in [0.25, 0.3) is 0 Å². The highest BCUT2D eigenvalue weighted by molar-refractivity contribution is 5.90. The summed E-state index contributed by atoms with van der Waals surface area (Å²) >= 11 is 0. The number of anilines is 1. The molecule has 0 fully saturated rings. The van der Waals surface area contributed by atoms with Crippen molar-refractivity contribution in [2.75, 3.05) is 18.5 Å². The molecule has 2 aromatic carbocycles. The molecule has 23 heavy (non-hydrogen) atoms. The number of amides is 2. The van der Waals surface area contributed by atoms with E-state index in [0.29, 0.717) is 24.3 Å². The van der Waals surface area contributed by atoms with Crippen molar-refractivity contribution in [1.29, 1.82) is 0 Å². The van der Waals surface area contributed by atoms with Gasteiger partial charge in [0.25, 0.3) is 0 Å². The average molecular weight is 312 g/mol. The summed E-state index contributed by atoms with van der Waals surface area (Å²) in [6, 6.07) is 14.6. The van der Waals surface area contributed by atoms with E-state index >= 15 is 0 Å². The lowest BCUT2D eigenvalue weighted by atomic mass is 9.88. The highest BCUT2D eigenvalue weighted by Gasteiger charge is 2.35. The summed E-state index contributed by atoms with van der Waals surface area (Å²) in [5, 5.41) is 16.4. The van der Waals surface area contributed by atoms with Crippen LogP contribution in [-0.4, -0.2) is 24.3 Å². The number of nitrogens with one attached hydrogen (secondary N) is 2. The van der Waals surface area contributed by atoms with Crippen molar-refractivity contribution in [2.45, 2.75) is 18.9 Å². The molecule has 1 unspecified atom stereocenters. The minimum Gasteiger partial charge on any atom is -0.493 e. The van der Waals surface area contributed by atoms with Crippen LogP contribution in [0.15, 0.2) is 48.5 Å². The number of para-hydroxylation sites is 2. The van der Waals surface area contributed by atoms with Crippen molar-refractivity contribution >= 4 is 11.7 Å². The number of aryl methyl sites for hydroxylation is 1. The van der Waals surface area contributed by atoms with Gasteiger partial charge in [0.2, 0.25) is 0 Å². The summed E-state index contributed by atoms with van der Waals surface area (Å²) in [6.45, 7) is 2.48. The molecule has 0 bridgehead atoms. The minimum atomic E-state index is -1.11. The first-order valence-electron chi connectivity index (χ1n) is 7.64. The lowest BCUT2D eigenvalue weighted by molar-refractivity contribution is 0.000399. The molecule has 120 valence electrons. The number of fused-ring (bicyclic) bond motifs is 1. The standard InChI is InChI=1S/C18H20N2O3/c1-13-6-2-4-8-15(13)20-17(21)19-12-18(22)10-11-23-16-9-5-3-7-14(16)18/h2-9,22H,10-12H2,1H3,(H2,19,20,21). The lowest BCUT2D eigenvalue weighted by Gasteiger charge is -2.34. The second-order valence-electron chi connectivity index (χ2n) is 5.75. The predicted octanol–water partition coefficient (Wildman–Crippen LogP) is 2.79. The van der Waals surface area contributed by atoms with Gasteiger partial charge < -0.3 is 20.5 Å². The molecule has 2 aromatic rings. The van der Waals surface area contributed by atoms with Gasteiger partial charge in [-0.05, 0) is 24.6 Å². The maximum Gasteiger partial charge on any atom is 0.319 e. The van der Waals surface area contributed by atoms with Gasteiger partial charge in [0.05, 0.1) is 13.2 Å². The van der Waals surface area contributed by atoms with Gasteiger partial charge in [0.15, 0.2) is 0 Å². The average Bonchev–Trinajstić information content (AvgIpc) is 2.56. The van der Waals surface area contributed by atoms with Crippen molar-refractivity contribution in [2.24, 2.45) is 0 Å². The predicted molar refractivity (Wildman–Crippen MR) is 88.7 cm³/mol. The Morgan fingerprint density at radius 1 is 1.22 bits per heavy atom. The molecule has 0 aliphatic carbocycles. The zero-order valence-electron chi connectivity index (χ0n) is 13.0. The third-order valence-electron chi connectivity index (χ3n) is 4.10. The Labute approximate surface area is 135 Å². The van der Waals surface area contributed by atoms with Gasteiger partial charge in [-0.2, -0.15) is 0 Å². The van der Waals surface area contributed by atoms with Gasteiger partial charge in [-0.3, -0.25) is 0 Å². The summed E-state index contributed by atoms with van der Waals surface area (Å²) in [6.07, 6.45) is 0.439. The zero-order chi connectivity index (χ0) is 16.3. The SMILES string of the molecule is Cc1ccccc1NC(=O)NCC1(O)CCOc2ccccc21. The maximum atomic E-state index is 12.1. The van der Waals surface area contributed by atoms with Gasteiger partial charge in [0, 0.05) is 17.7 Å². The fourth-order valence-electron chi connectivity index (χ4n) is 2.73. The number of carbonyl (C=O) groups excluding carboxylic acids is 1. The smallest absolute Gasteiger partial charge is 0.319 e. The number of urea groups is 1. The van der Waals surface area contributed by atoms with Crippen LogP contribution in [0.3, 0.4) is 0 Å². The molecule has 3 N–H and O–H groups in total. The molecule has 2 amide bonds. The van der Waals surface area contributed by atoms with Gasteiger partial charge in [0.1, 0.15) is 11.4 Å². The Balaban J connectivity index is 1.66. The van der Waals surface area contributed by atoms with Crippen LogP contribution in [0.5, 0.6) is 5.75 Å². The van der Waals surface area contributed by atoms with Crippen molar-refractivity contribution in [3.8, 4) is 5.75 Å². The zero-order valence-corrected chi connectivity index (χ0v) is 13.0. The molecule has 1 atom stereocenters. The van der Waals surface area contributed by atoms with E-state index in [1.165, 1.54) is 0 Å². The first-order chi connectivity index (χ1) is 11.1. The second kappa shape index (κ2) is 6.30. The Morgan fingerprint density at radius 2 is 1.96 bits per heavy atom. The van der Waals surface area contributed by atoms with Crippen LogP contribution >= 0.6 is 0 Å². The van der Waals surface area contributed by atoms with Crippen LogP contribution in [0.1, 0.15) is 17.5 Å². The van der Waals surface area contributed by atoms with E-state index in [1.54, 1.807) is 0 Å². The molecule has 0 spiro atoms. The number of hydrogen-bond acceptors (Lipinski definition) is 3. The van der Waals surface area contributed by atoms with E-state index < -0.39 is 5.60 Å². The molecule has 0 saturated heterocycles. The molecular weight excluding hydrogens is 292 g/mol. The molecule has 1 aliphatic heterocycles. The van der Waals surface area contributed by atoms with Crippen LogP contribution in [0.2, 0.25) is 0 Å². The first-order valence-corrected chi connectivity index (χ1v) is 7.64. The van der Waals surface area contributed by atoms with E-state index in [2.05, 4.69) is 10.6 Å². The molecule has 0 saturated carbocycles. The van der Waals surface area contributed by atoms with Crippen LogP contribution in [0, 0.1) is 6.92 Å². The van der Waals surface area contributed by atoms with Crippen LogP contribution in [0.4, 0.5) is 10.5 Å². The molecule has 0 radical (unpaired) electrons. The number of rotatable bonds is 3. The number of carbonyl (C=O) groups is 1. The van der Waals surface area contributed by atoms with Crippen molar-refractivity contribution in [3.63, 3.8) is 0 Å². The van der Waals surface area contributed by atoms with Gasteiger partial charge in [-0.1, -0.05) is 36.4 Å². The van der Waals surface area contributed by atoms with E-state index in [4.69, 9.17) is 4.74 Å². The minimum absolute atomic E-state index is 0.130. The van der Waals surface area contributed by atoms with Crippen LogP contribution < -0.4 is 15.4 Å². The quantitative estimate of drug-likeness (QED) is 0.816. The summed E-state index contributed by atoms with van der Waals surface area (Å²) in [7, 11) is 0. The third kappa shape index (κ3) is 3.29. The van der Waals surface area contributed by atoms with Crippen molar-refractivity contribution in [3.05, 3.63) is 59.7 Å². The second-order valence-corrected chi connectivity index (χ2v) is 5.75. The summed E-state index contributed by atoms with van der Waals surface area (Å²) in [5.41, 5.74) is 1.34. The van der Waals surface area contributed by atoms with Gasteiger partial charge in [-0.15, -0.1) is 0 Å². The fraction of sp³-hybridized carbons (Fsp3) is 0.278. The molecule has 1 heterocycles. The van der Waals surface area contributed by atoms with Gasteiger partial charge in [-0.25, -0.2) is 4.79 Å². The molecule has 5 heteroatoms. The molecule has 0 aromatic heterocycles. The maximum absolute atomic E-state index is 12.1. The summed E-state index contributed by atoms with van der Waals surface area (Å²) in [4.78, 5) is 12.1. The third-order valence-corrected chi connectivity index (χ3v) is 4.10. The van der Waals surface area contributed by atoms with Crippen molar-refractivity contribution in [1.82, 2.24) is 5.32 Å². The molecule has 5 nitrogen and oxygen atoms in total. The highest BCUT2D eigenvalue weighted by Crippen LogP contribution is 2.36. The Morgan fingerprint density at radius 3 is 2.78 bits per heavy atom. The van der Waals surface area contributed by atoms with E-state index in [9.17, 15) is 9.90 Å². The fourth-order valence-corrected chi connectivity index (χ4v) is 2.73. The topological polar surface area (TPSA) is 70.6 Å². The highest BCUT2D eigenvalue weighted by atomic mass is 16.5. The van der Waals surface area contributed by atoms with E-state index in [-0.39, 0.29) is 12.6 Å². The summed E-state index contributed by atoms with van der Waals surface area (Å²) in [5.74, 6) is 0.669. The molecule has 1 aliphatic rings. The number of hydrogen-bond donors (Lipinski definition) is 3. The van der Waals surface area contributed by atoms with Crippen molar-refractivity contribution < 1.29 is 14.6 Å². The first kappa shape index (κ1) is 15.4. The largest absolute Gasteiger partial charge is 0.493 e. The Bertz CT molecular complexity index is 717. The van der Waals surface area contributed by atoms with E-state index in [0.717, 1.165) is 11.3 Å². The Kier molecular flexibility index (Phi) is 4.21. The van der Waals surface area contributed by atoms with Crippen LogP contribution in [-0.2, 0) is 5.60 Å². The molecule has 3 rings (SSSR count). The number of aliphatic hydroxyl groups is 1. The normalized spacial score (nSPS) is 19.4. The number of ether oxygens (including phenoxy) is 1. The lowest BCUT2D eigenvalue weighted by Crippen LogP contribution is -2.45. The Hall–Kier alpha value is -2.53. The monoisotopic (exact) mass is 312 g/mol. The van der Waals surface area contributed by atoms with Gasteiger partial charge >= 0.3 is 6.03 Å². The van der Waals surface area contributed by atoms with E-state index in [1.807, 2.05) is 55.5 Å². The number of benzene rings is 2. The molecular formula is C18H20N2O3.